The molecule has 10 heteroatoms. The van der Waals surface area contributed by atoms with E-state index in [2.05, 4.69) is 9.64 Å². The molecule has 0 bridgehead atoms. The summed E-state index contributed by atoms with van der Waals surface area (Å²) in [6.07, 6.45) is 2.56. The van der Waals surface area contributed by atoms with E-state index in [4.69, 9.17) is 19.9 Å². The molecule has 4 rings (SSSR count). The van der Waals surface area contributed by atoms with E-state index in [9.17, 15) is 14.4 Å². The number of hydrogen-bond acceptors (Lipinski definition) is 8. The zero-order valence-electron chi connectivity index (χ0n) is 21.9. The highest BCUT2D eigenvalue weighted by Crippen LogP contribution is 2.34. The van der Waals surface area contributed by atoms with E-state index < -0.39 is 17.9 Å². The molecular weight excluding hydrogens is 490 g/mol. The maximum absolute atomic E-state index is 13.1. The van der Waals surface area contributed by atoms with Crippen LogP contribution in [0.15, 0.2) is 36.4 Å². The molecule has 2 aliphatic rings. The Morgan fingerprint density at radius 3 is 2.53 bits per heavy atom. The van der Waals surface area contributed by atoms with Crippen LogP contribution in [0.3, 0.4) is 0 Å². The van der Waals surface area contributed by atoms with Crippen LogP contribution >= 0.6 is 0 Å². The fourth-order valence-electron chi connectivity index (χ4n) is 4.89. The molecule has 204 valence electrons. The largest absolute Gasteiger partial charge is 0.493 e. The zero-order chi connectivity index (χ0) is 27.1. The molecule has 2 heterocycles. The van der Waals surface area contributed by atoms with Gasteiger partial charge in [-0.05, 0) is 62.2 Å². The summed E-state index contributed by atoms with van der Waals surface area (Å²) in [4.78, 5) is 40.6. The van der Waals surface area contributed by atoms with Crippen LogP contribution in [-0.2, 0) is 27.5 Å². The Morgan fingerprint density at radius 2 is 1.82 bits per heavy atom. The van der Waals surface area contributed by atoms with Gasteiger partial charge >= 0.3 is 5.97 Å². The molecule has 0 aliphatic carbocycles. The van der Waals surface area contributed by atoms with Gasteiger partial charge in [-0.3, -0.25) is 19.3 Å². The van der Waals surface area contributed by atoms with Crippen LogP contribution in [0.1, 0.15) is 47.2 Å². The first-order chi connectivity index (χ1) is 18.4. The van der Waals surface area contributed by atoms with Gasteiger partial charge < -0.3 is 29.6 Å². The minimum atomic E-state index is -0.927. The second-order valence-corrected chi connectivity index (χ2v) is 9.42. The molecule has 1 fully saturated rings. The minimum Gasteiger partial charge on any atom is -0.493 e. The molecule has 10 nitrogen and oxygen atoms in total. The quantitative estimate of drug-likeness (QED) is 0.396. The second kappa shape index (κ2) is 12.6. The van der Waals surface area contributed by atoms with Crippen molar-refractivity contribution in [3.63, 3.8) is 0 Å². The number of benzene rings is 2. The van der Waals surface area contributed by atoms with Crippen molar-refractivity contribution in [3.05, 3.63) is 53.1 Å². The zero-order valence-corrected chi connectivity index (χ0v) is 21.9. The number of amides is 2. The average molecular weight is 526 g/mol. The number of likely N-dealkylation sites (tertiary alicyclic amines) is 1. The van der Waals surface area contributed by atoms with Gasteiger partial charge in [0.1, 0.15) is 25.0 Å². The van der Waals surface area contributed by atoms with E-state index in [0.717, 1.165) is 25.2 Å². The molecule has 2 aliphatic heterocycles. The Labute approximate surface area is 222 Å². The smallest absolute Gasteiger partial charge is 0.305 e. The molecule has 2 N–H and O–H groups in total. The summed E-state index contributed by atoms with van der Waals surface area (Å²) in [5.74, 6) is 0.384. The predicted molar refractivity (Wildman–Crippen MR) is 139 cm³/mol. The molecule has 0 radical (unpaired) electrons. The minimum absolute atomic E-state index is 0.0204. The summed E-state index contributed by atoms with van der Waals surface area (Å²) < 4.78 is 22.3. The van der Waals surface area contributed by atoms with Gasteiger partial charge in [-0.15, -0.1) is 0 Å². The topological polar surface area (TPSA) is 121 Å². The Morgan fingerprint density at radius 1 is 1.03 bits per heavy atom. The molecule has 1 saturated heterocycles. The maximum atomic E-state index is 13.1. The summed E-state index contributed by atoms with van der Waals surface area (Å²) in [6.45, 7) is 4.14. The lowest BCUT2D eigenvalue weighted by Gasteiger charge is -2.24. The third-order valence-corrected chi connectivity index (χ3v) is 6.99. The Hall–Kier alpha value is -3.79. The van der Waals surface area contributed by atoms with Gasteiger partial charge in [0, 0.05) is 24.1 Å². The number of hydrogen-bond donors (Lipinski definition) is 1. The van der Waals surface area contributed by atoms with Crippen molar-refractivity contribution >= 4 is 17.8 Å². The number of carbonyl (C=O) groups excluding carboxylic acids is 3. The van der Waals surface area contributed by atoms with Crippen molar-refractivity contribution in [1.29, 1.82) is 0 Å². The summed E-state index contributed by atoms with van der Waals surface area (Å²) >= 11 is 0. The Balaban J connectivity index is 1.40. The van der Waals surface area contributed by atoms with E-state index in [-0.39, 0.29) is 31.9 Å². The Kier molecular flexibility index (Phi) is 9.06. The van der Waals surface area contributed by atoms with Crippen molar-refractivity contribution < 1.29 is 33.3 Å². The van der Waals surface area contributed by atoms with Crippen LogP contribution in [0, 0.1) is 0 Å². The summed E-state index contributed by atoms with van der Waals surface area (Å²) in [5.41, 5.74) is 7.58. The van der Waals surface area contributed by atoms with E-state index in [1.54, 1.807) is 25.3 Å². The van der Waals surface area contributed by atoms with E-state index in [1.807, 2.05) is 18.2 Å². The fraction of sp³-hybridized carbons (Fsp3) is 0.464. The van der Waals surface area contributed by atoms with Gasteiger partial charge in [0.25, 0.3) is 5.91 Å². The fourth-order valence-corrected chi connectivity index (χ4v) is 4.89. The lowest BCUT2D eigenvalue weighted by atomic mass is 10.1. The number of methoxy groups -OCH3 is 2. The SMILES string of the molecule is COC(=O)CCC(C(N)=O)N1Cc2c(OCc3ccc(OCCN4CCCC4)c(OC)c3)cccc2C1=O. The normalized spacial score (nSPS) is 15.7. The first-order valence-corrected chi connectivity index (χ1v) is 12.8. The van der Waals surface area contributed by atoms with E-state index in [1.165, 1.54) is 24.9 Å². The number of carbonyl (C=O) groups is 3. The van der Waals surface area contributed by atoms with Gasteiger partial charge in [0.15, 0.2) is 11.5 Å². The van der Waals surface area contributed by atoms with Crippen molar-refractivity contribution in [2.24, 2.45) is 5.73 Å². The number of primary amides is 1. The number of fused-ring (bicyclic) bond motifs is 1. The van der Waals surface area contributed by atoms with Crippen molar-refractivity contribution in [2.75, 3.05) is 40.5 Å². The van der Waals surface area contributed by atoms with Gasteiger partial charge in [-0.2, -0.15) is 0 Å². The highest BCUT2D eigenvalue weighted by Gasteiger charge is 2.37. The predicted octanol–water partition coefficient (Wildman–Crippen LogP) is 2.51. The Bertz CT molecular complexity index is 1160. The number of nitrogens with two attached hydrogens (primary N) is 1. The van der Waals surface area contributed by atoms with Gasteiger partial charge in [-0.25, -0.2) is 0 Å². The van der Waals surface area contributed by atoms with Crippen LogP contribution in [0.2, 0.25) is 0 Å². The van der Waals surface area contributed by atoms with Crippen molar-refractivity contribution in [3.8, 4) is 17.2 Å². The molecule has 1 unspecified atom stereocenters. The summed E-state index contributed by atoms with van der Waals surface area (Å²) in [7, 11) is 2.88. The molecule has 38 heavy (non-hydrogen) atoms. The standard InChI is InChI=1S/C28H35N3O7/c1-35-25-16-19(8-10-24(25)37-15-14-30-12-3-4-13-30)18-38-23-7-5-6-20-21(23)17-31(28(20)34)22(27(29)33)9-11-26(32)36-2/h5-8,10,16,22H,3-4,9,11-15,17-18H2,1-2H3,(H2,29,33). The number of rotatable bonds is 13. The molecule has 2 aromatic rings. The highest BCUT2D eigenvalue weighted by molar-refractivity contribution is 6.01. The van der Waals surface area contributed by atoms with Crippen LogP contribution < -0.4 is 19.9 Å². The number of ether oxygens (including phenoxy) is 4. The number of nitrogens with zero attached hydrogens (tertiary/aromatic N) is 2. The lowest BCUT2D eigenvalue weighted by molar-refractivity contribution is -0.141. The van der Waals surface area contributed by atoms with Gasteiger partial charge in [0.2, 0.25) is 5.91 Å². The summed E-state index contributed by atoms with van der Waals surface area (Å²) in [5, 5.41) is 0. The molecule has 0 aromatic heterocycles. The molecule has 0 spiro atoms. The van der Waals surface area contributed by atoms with E-state index in [0.29, 0.717) is 35.0 Å². The second-order valence-electron chi connectivity index (χ2n) is 9.42. The van der Waals surface area contributed by atoms with Gasteiger partial charge in [-0.1, -0.05) is 12.1 Å². The molecule has 2 amide bonds. The van der Waals surface area contributed by atoms with Crippen LogP contribution in [0.4, 0.5) is 0 Å². The highest BCUT2D eigenvalue weighted by atomic mass is 16.5. The third-order valence-electron chi connectivity index (χ3n) is 6.99. The first kappa shape index (κ1) is 27.3. The molecule has 2 aromatic carbocycles. The van der Waals surface area contributed by atoms with Crippen LogP contribution in [0.5, 0.6) is 17.2 Å². The lowest BCUT2D eigenvalue weighted by Crippen LogP contribution is -2.45. The average Bonchev–Trinajstić information content (AvgIpc) is 3.56. The van der Waals surface area contributed by atoms with Crippen LogP contribution in [-0.4, -0.2) is 74.1 Å². The summed E-state index contributed by atoms with van der Waals surface area (Å²) in [6, 6.07) is 9.97. The van der Waals surface area contributed by atoms with Crippen molar-refractivity contribution in [2.45, 2.75) is 44.9 Å². The number of esters is 1. The van der Waals surface area contributed by atoms with Crippen LogP contribution in [0.25, 0.3) is 0 Å². The monoisotopic (exact) mass is 525 g/mol. The molecule has 0 saturated carbocycles. The first-order valence-electron chi connectivity index (χ1n) is 12.8. The maximum Gasteiger partial charge on any atom is 0.305 e. The molecular formula is C28H35N3O7. The third kappa shape index (κ3) is 6.36. The van der Waals surface area contributed by atoms with E-state index >= 15 is 0 Å². The molecule has 1 atom stereocenters. The van der Waals surface area contributed by atoms with Gasteiger partial charge in [0.05, 0.1) is 20.8 Å². The van der Waals surface area contributed by atoms with Crippen molar-refractivity contribution in [1.82, 2.24) is 9.80 Å².